The SMILES string of the molecule is Cc1c(C)c(C)c2c(oc3c(C)c(C)c(-c4c(C)c(C)c5oc6c(C)c(C)c(C)c(C)c6c5c4C)c(C)c32)c1C. The van der Waals surface area contributed by atoms with Crippen LogP contribution in [0.15, 0.2) is 8.83 Å². The molecule has 2 aromatic heterocycles. The summed E-state index contributed by atoms with van der Waals surface area (Å²) < 4.78 is 13.4. The van der Waals surface area contributed by atoms with Crippen LogP contribution in [0, 0.1) is 96.9 Å². The lowest BCUT2D eigenvalue weighted by Gasteiger charge is -2.21. The molecule has 0 atom stereocenters. The maximum Gasteiger partial charge on any atom is 0.138 e. The Hall–Kier alpha value is -3.52. The second-order valence-electron chi connectivity index (χ2n) is 12.5. The van der Waals surface area contributed by atoms with Gasteiger partial charge in [-0.25, -0.2) is 0 Å². The quantitative estimate of drug-likeness (QED) is 0.211. The molecule has 0 aliphatic carbocycles. The Morgan fingerprint density at radius 1 is 0.225 bits per heavy atom. The van der Waals surface area contributed by atoms with E-state index in [0.717, 1.165) is 22.3 Å². The highest BCUT2D eigenvalue weighted by atomic mass is 16.3. The van der Waals surface area contributed by atoms with Crippen molar-refractivity contribution in [1.82, 2.24) is 0 Å². The van der Waals surface area contributed by atoms with Crippen molar-refractivity contribution < 1.29 is 8.83 Å². The number of benzene rings is 4. The molecule has 0 radical (unpaired) electrons. The maximum atomic E-state index is 6.72. The predicted octanol–water partition coefficient (Wildman–Crippen LogP) is 11.5. The van der Waals surface area contributed by atoms with Gasteiger partial charge < -0.3 is 8.83 Å². The zero-order chi connectivity index (χ0) is 29.3. The largest absolute Gasteiger partial charge is 0.455 e. The van der Waals surface area contributed by atoms with E-state index in [1.54, 1.807) is 0 Å². The van der Waals surface area contributed by atoms with E-state index >= 15 is 0 Å². The fourth-order valence-corrected chi connectivity index (χ4v) is 7.47. The minimum absolute atomic E-state index is 1.03. The summed E-state index contributed by atoms with van der Waals surface area (Å²) in [6, 6.07) is 0. The Bertz CT molecular complexity index is 1970. The first-order valence-electron chi connectivity index (χ1n) is 14.6. The van der Waals surface area contributed by atoms with E-state index < -0.39 is 0 Å². The van der Waals surface area contributed by atoms with Gasteiger partial charge in [0, 0.05) is 21.5 Å². The second kappa shape index (κ2) is 8.49. The molecule has 2 nitrogen and oxygen atoms in total. The van der Waals surface area contributed by atoms with E-state index in [1.807, 2.05) is 0 Å². The van der Waals surface area contributed by atoms with Crippen LogP contribution in [-0.4, -0.2) is 0 Å². The Labute approximate surface area is 238 Å². The van der Waals surface area contributed by atoms with Crippen molar-refractivity contribution in [2.75, 3.05) is 0 Å². The number of furan rings is 2. The second-order valence-corrected chi connectivity index (χ2v) is 12.5. The van der Waals surface area contributed by atoms with Gasteiger partial charge in [0.05, 0.1) is 0 Å². The molecule has 6 aromatic rings. The summed E-state index contributed by atoms with van der Waals surface area (Å²) in [7, 11) is 0. The molecule has 0 fully saturated rings. The average molecular weight is 531 g/mol. The van der Waals surface area contributed by atoms with Gasteiger partial charge >= 0.3 is 0 Å². The number of rotatable bonds is 1. The van der Waals surface area contributed by atoms with Crippen LogP contribution in [0.1, 0.15) is 77.9 Å². The third-order valence-corrected chi connectivity index (χ3v) is 10.9. The predicted molar refractivity (Wildman–Crippen MR) is 173 cm³/mol. The summed E-state index contributed by atoms with van der Waals surface area (Å²) >= 11 is 0. The monoisotopic (exact) mass is 530 g/mol. The first-order valence-corrected chi connectivity index (χ1v) is 14.6. The highest BCUT2D eigenvalue weighted by Gasteiger charge is 2.27. The lowest BCUT2D eigenvalue weighted by atomic mass is 9.82. The molecule has 6 rings (SSSR count). The van der Waals surface area contributed by atoms with Gasteiger partial charge in [-0.3, -0.25) is 0 Å². The van der Waals surface area contributed by atoms with Crippen LogP contribution in [0.2, 0.25) is 0 Å². The van der Waals surface area contributed by atoms with Crippen molar-refractivity contribution in [3.05, 3.63) is 77.9 Å². The van der Waals surface area contributed by atoms with Gasteiger partial charge in [0.15, 0.2) is 0 Å². The van der Waals surface area contributed by atoms with Crippen molar-refractivity contribution in [2.24, 2.45) is 0 Å². The van der Waals surface area contributed by atoms with E-state index in [0.29, 0.717) is 0 Å². The van der Waals surface area contributed by atoms with Crippen LogP contribution in [0.3, 0.4) is 0 Å². The van der Waals surface area contributed by atoms with E-state index in [2.05, 4.69) is 96.9 Å². The zero-order valence-corrected chi connectivity index (χ0v) is 26.8. The molecule has 0 saturated heterocycles. The highest BCUT2D eigenvalue weighted by Crippen LogP contribution is 2.49. The zero-order valence-electron chi connectivity index (χ0n) is 26.8. The number of aryl methyl sites for hydroxylation is 8. The van der Waals surface area contributed by atoms with Crippen LogP contribution < -0.4 is 0 Å². The van der Waals surface area contributed by atoms with Crippen LogP contribution in [0.5, 0.6) is 0 Å². The summed E-state index contributed by atoms with van der Waals surface area (Å²) in [4.78, 5) is 0. The van der Waals surface area contributed by atoms with Crippen LogP contribution >= 0.6 is 0 Å². The standard InChI is InChI=1S/C38H42O2/c1-15-17(3)23(9)35-31(19(15)5)33-27(13)29(21(7)25(11)37(33)39-35)30-22(8)26(12)38-34(28(30)14)32-20(6)16(2)18(4)24(10)36(32)40-38/h1-14H3. The lowest BCUT2D eigenvalue weighted by molar-refractivity contribution is 0.660. The van der Waals surface area contributed by atoms with Crippen molar-refractivity contribution in [3.63, 3.8) is 0 Å². The third kappa shape index (κ3) is 3.05. The van der Waals surface area contributed by atoms with Crippen molar-refractivity contribution in [3.8, 4) is 11.1 Å². The Morgan fingerprint density at radius 3 is 0.750 bits per heavy atom. The van der Waals surface area contributed by atoms with Crippen LogP contribution in [0.4, 0.5) is 0 Å². The van der Waals surface area contributed by atoms with E-state index in [9.17, 15) is 0 Å². The van der Waals surface area contributed by atoms with Crippen molar-refractivity contribution >= 4 is 43.9 Å². The minimum Gasteiger partial charge on any atom is -0.455 e. The molecule has 0 saturated carbocycles. The highest BCUT2D eigenvalue weighted by molar-refractivity contribution is 6.16. The molecule has 2 heterocycles. The minimum atomic E-state index is 1.03. The molecule has 2 heteroatoms. The van der Waals surface area contributed by atoms with Gasteiger partial charge in [0.25, 0.3) is 0 Å². The van der Waals surface area contributed by atoms with E-state index in [1.165, 1.54) is 111 Å². The molecule has 4 aromatic carbocycles. The van der Waals surface area contributed by atoms with Gasteiger partial charge in [0.2, 0.25) is 0 Å². The third-order valence-electron chi connectivity index (χ3n) is 10.9. The van der Waals surface area contributed by atoms with Crippen LogP contribution in [-0.2, 0) is 0 Å². The van der Waals surface area contributed by atoms with Crippen molar-refractivity contribution in [2.45, 2.75) is 96.9 Å². The Balaban J connectivity index is 1.86. The normalized spacial score (nSPS) is 12.2. The molecular weight excluding hydrogens is 488 g/mol. The smallest absolute Gasteiger partial charge is 0.138 e. The van der Waals surface area contributed by atoms with Gasteiger partial charge in [0.1, 0.15) is 22.3 Å². The molecule has 0 aliphatic rings. The molecule has 0 amide bonds. The van der Waals surface area contributed by atoms with E-state index in [4.69, 9.17) is 8.83 Å². The van der Waals surface area contributed by atoms with Gasteiger partial charge in [-0.2, -0.15) is 0 Å². The molecule has 0 unspecified atom stereocenters. The van der Waals surface area contributed by atoms with Crippen molar-refractivity contribution in [1.29, 1.82) is 0 Å². The van der Waals surface area contributed by atoms with Crippen LogP contribution in [0.25, 0.3) is 55.0 Å². The molecule has 0 bridgehead atoms. The first-order chi connectivity index (χ1) is 18.7. The molecule has 0 aliphatic heterocycles. The number of fused-ring (bicyclic) bond motifs is 6. The molecule has 206 valence electrons. The summed E-state index contributed by atoms with van der Waals surface area (Å²) in [5.74, 6) is 0. The number of hydrogen-bond donors (Lipinski definition) is 0. The topological polar surface area (TPSA) is 26.3 Å². The first kappa shape index (κ1) is 26.7. The summed E-state index contributed by atoms with van der Waals surface area (Å²) in [5.41, 5.74) is 25.0. The molecular formula is C38H42O2. The summed E-state index contributed by atoms with van der Waals surface area (Å²) in [6.07, 6.45) is 0. The lowest BCUT2D eigenvalue weighted by Crippen LogP contribution is -2.00. The Kier molecular flexibility index (Phi) is 5.67. The number of hydrogen-bond acceptors (Lipinski definition) is 2. The average Bonchev–Trinajstić information content (AvgIpc) is 3.53. The molecule has 0 N–H and O–H groups in total. The fourth-order valence-electron chi connectivity index (χ4n) is 7.47. The van der Waals surface area contributed by atoms with Gasteiger partial charge in [-0.1, -0.05) is 0 Å². The van der Waals surface area contributed by atoms with Gasteiger partial charge in [-0.15, -0.1) is 0 Å². The summed E-state index contributed by atoms with van der Waals surface area (Å²) in [6.45, 7) is 31.5. The molecule has 0 spiro atoms. The maximum absolute atomic E-state index is 6.72. The Morgan fingerprint density at radius 2 is 0.450 bits per heavy atom. The fraction of sp³-hybridized carbons (Fsp3) is 0.368. The van der Waals surface area contributed by atoms with Gasteiger partial charge in [-0.05, 0) is 186 Å². The van der Waals surface area contributed by atoms with E-state index in [-0.39, 0.29) is 0 Å². The summed E-state index contributed by atoms with van der Waals surface area (Å²) in [5, 5.41) is 5.08. The molecule has 40 heavy (non-hydrogen) atoms.